The minimum atomic E-state index is -0.204. The Labute approximate surface area is 120 Å². The summed E-state index contributed by atoms with van der Waals surface area (Å²) in [5.41, 5.74) is 2.42. The molecule has 1 aromatic carbocycles. The molecule has 0 bridgehead atoms. The molecule has 0 spiro atoms. The Kier molecular flexibility index (Phi) is 4.03. The van der Waals surface area contributed by atoms with Gasteiger partial charge in [0.05, 0.1) is 0 Å². The molecule has 20 heavy (non-hydrogen) atoms. The zero-order valence-corrected chi connectivity index (χ0v) is 12.0. The SMILES string of the molecule is CC1CN(C2CCNCC2)C(C=O)Nc2ccccc21. The molecule has 2 aliphatic rings. The van der Waals surface area contributed by atoms with Crippen molar-refractivity contribution in [2.75, 3.05) is 25.0 Å². The Morgan fingerprint density at radius 3 is 2.75 bits per heavy atom. The predicted octanol–water partition coefficient (Wildman–Crippen LogP) is 1.79. The molecule has 4 heteroatoms. The number of fused-ring (bicyclic) bond motifs is 1. The maximum Gasteiger partial charge on any atom is 0.157 e. The minimum absolute atomic E-state index is 0.204. The van der Waals surface area contributed by atoms with Crippen LogP contribution < -0.4 is 10.6 Å². The summed E-state index contributed by atoms with van der Waals surface area (Å²) in [5.74, 6) is 0.443. The number of nitrogens with zero attached hydrogens (tertiary/aromatic N) is 1. The van der Waals surface area contributed by atoms with Crippen molar-refractivity contribution in [1.82, 2.24) is 10.2 Å². The first-order chi connectivity index (χ1) is 9.79. The van der Waals surface area contributed by atoms with Crippen LogP contribution in [0.15, 0.2) is 24.3 Å². The van der Waals surface area contributed by atoms with Gasteiger partial charge in [-0.2, -0.15) is 0 Å². The molecule has 3 rings (SSSR count). The lowest BCUT2D eigenvalue weighted by Crippen LogP contribution is -2.51. The average Bonchev–Trinajstić information content (AvgIpc) is 2.65. The summed E-state index contributed by atoms with van der Waals surface area (Å²) in [6.45, 7) is 5.29. The van der Waals surface area contributed by atoms with Crippen LogP contribution in [0.5, 0.6) is 0 Å². The number of benzene rings is 1. The Balaban J connectivity index is 1.87. The molecule has 4 nitrogen and oxygen atoms in total. The van der Waals surface area contributed by atoms with Crippen LogP contribution in [0.2, 0.25) is 0 Å². The lowest BCUT2D eigenvalue weighted by molar-refractivity contribution is -0.112. The van der Waals surface area contributed by atoms with Crippen LogP contribution in [0, 0.1) is 0 Å². The van der Waals surface area contributed by atoms with Crippen molar-refractivity contribution < 1.29 is 4.79 Å². The van der Waals surface area contributed by atoms with Crippen molar-refractivity contribution in [2.24, 2.45) is 0 Å². The van der Waals surface area contributed by atoms with Gasteiger partial charge >= 0.3 is 0 Å². The number of para-hydroxylation sites is 1. The largest absolute Gasteiger partial charge is 0.363 e. The third kappa shape index (κ3) is 2.58. The van der Waals surface area contributed by atoms with E-state index in [0.717, 1.165) is 44.4 Å². The van der Waals surface area contributed by atoms with E-state index >= 15 is 0 Å². The predicted molar refractivity (Wildman–Crippen MR) is 80.9 cm³/mol. The van der Waals surface area contributed by atoms with Gasteiger partial charge in [-0.3, -0.25) is 9.69 Å². The Morgan fingerprint density at radius 1 is 1.25 bits per heavy atom. The first-order valence-corrected chi connectivity index (χ1v) is 7.57. The molecule has 0 amide bonds. The van der Waals surface area contributed by atoms with Crippen LogP contribution in [0.4, 0.5) is 5.69 Å². The third-order valence-electron chi connectivity index (χ3n) is 4.54. The van der Waals surface area contributed by atoms with Gasteiger partial charge in [-0.05, 0) is 43.5 Å². The summed E-state index contributed by atoms with van der Waals surface area (Å²) in [5, 5.41) is 6.82. The standard InChI is InChI=1S/C16H23N3O/c1-12-10-19(13-6-8-17-9-7-13)16(11-20)18-15-5-3-2-4-14(12)15/h2-5,11-13,16-18H,6-10H2,1H3. The lowest BCUT2D eigenvalue weighted by Gasteiger charge is -2.37. The fourth-order valence-electron chi connectivity index (χ4n) is 3.46. The first-order valence-electron chi connectivity index (χ1n) is 7.57. The highest BCUT2D eigenvalue weighted by Crippen LogP contribution is 2.31. The summed E-state index contributed by atoms with van der Waals surface area (Å²) < 4.78 is 0. The molecule has 0 radical (unpaired) electrons. The summed E-state index contributed by atoms with van der Waals surface area (Å²) in [4.78, 5) is 13.9. The van der Waals surface area contributed by atoms with Gasteiger partial charge < -0.3 is 10.6 Å². The monoisotopic (exact) mass is 273 g/mol. The fraction of sp³-hybridized carbons (Fsp3) is 0.562. The molecule has 108 valence electrons. The van der Waals surface area contributed by atoms with Crippen LogP contribution in [0.25, 0.3) is 0 Å². The highest BCUT2D eigenvalue weighted by Gasteiger charge is 2.32. The molecular weight excluding hydrogens is 250 g/mol. The lowest BCUT2D eigenvalue weighted by atomic mass is 9.97. The highest BCUT2D eigenvalue weighted by molar-refractivity contribution is 5.67. The van der Waals surface area contributed by atoms with E-state index < -0.39 is 0 Å². The van der Waals surface area contributed by atoms with Crippen LogP contribution >= 0.6 is 0 Å². The van der Waals surface area contributed by atoms with Gasteiger partial charge in [0.15, 0.2) is 6.29 Å². The molecule has 1 fully saturated rings. The van der Waals surface area contributed by atoms with Gasteiger partial charge in [0, 0.05) is 18.3 Å². The molecule has 0 saturated carbocycles. The topological polar surface area (TPSA) is 44.4 Å². The van der Waals surface area contributed by atoms with Gasteiger partial charge in [-0.1, -0.05) is 25.1 Å². The number of anilines is 1. The molecular formula is C16H23N3O. The van der Waals surface area contributed by atoms with E-state index in [1.165, 1.54) is 5.56 Å². The Bertz CT molecular complexity index is 471. The number of carbonyl (C=O) groups excluding carboxylic acids is 1. The smallest absolute Gasteiger partial charge is 0.157 e. The summed E-state index contributed by atoms with van der Waals surface area (Å²) in [7, 11) is 0. The molecule has 1 aromatic rings. The summed E-state index contributed by atoms with van der Waals surface area (Å²) in [6, 6.07) is 8.85. The van der Waals surface area contributed by atoms with Gasteiger partial charge in [0.1, 0.15) is 6.17 Å². The van der Waals surface area contributed by atoms with Crippen LogP contribution in [0.1, 0.15) is 31.2 Å². The Hall–Kier alpha value is -1.39. The summed E-state index contributed by atoms with van der Waals surface area (Å²) in [6.07, 6.45) is 3.09. The number of hydrogen-bond donors (Lipinski definition) is 2. The number of rotatable bonds is 2. The molecule has 2 N–H and O–H groups in total. The van der Waals surface area contributed by atoms with Crippen molar-refractivity contribution in [3.05, 3.63) is 29.8 Å². The van der Waals surface area contributed by atoms with Gasteiger partial charge in [-0.25, -0.2) is 0 Å². The molecule has 2 unspecified atom stereocenters. The van der Waals surface area contributed by atoms with Crippen LogP contribution in [-0.2, 0) is 4.79 Å². The first kappa shape index (κ1) is 13.6. The molecule has 2 aliphatic heterocycles. The number of nitrogens with one attached hydrogen (secondary N) is 2. The zero-order valence-electron chi connectivity index (χ0n) is 12.0. The summed E-state index contributed by atoms with van der Waals surface area (Å²) >= 11 is 0. The molecule has 0 aliphatic carbocycles. The zero-order chi connectivity index (χ0) is 13.9. The van der Waals surface area contributed by atoms with Crippen molar-refractivity contribution >= 4 is 12.0 Å². The number of piperidine rings is 1. The van der Waals surface area contributed by atoms with E-state index in [9.17, 15) is 4.79 Å². The molecule has 1 saturated heterocycles. The van der Waals surface area contributed by atoms with Crippen LogP contribution in [-0.4, -0.2) is 43.0 Å². The Morgan fingerprint density at radius 2 is 2.00 bits per heavy atom. The van der Waals surface area contributed by atoms with Crippen molar-refractivity contribution in [1.29, 1.82) is 0 Å². The molecule has 2 atom stereocenters. The third-order valence-corrected chi connectivity index (χ3v) is 4.54. The second-order valence-electron chi connectivity index (χ2n) is 5.89. The number of aldehydes is 1. The van der Waals surface area contributed by atoms with E-state index in [2.05, 4.69) is 40.7 Å². The normalized spacial score (nSPS) is 28.2. The number of carbonyl (C=O) groups is 1. The maximum atomic E-state index is 11.6. The van der Waals surface area contributed by atoms with Gasteiger partial charge in [0.2, 0.25) is 0 Å². The van der Waals surface area contributed by atoms with Gasteiger partial charge in [-0.15, -0.1) is 0 Å². The second-order valence-corrected chi connectivity index (χ2v) is 5.89. The number of hydrogen-bond acceptors (Lipinski definition) is 4. The minimum Gasteiger partial charge on any atom is -0.363 e. The van der Waals surface area contributed by atoms with Crippen molar-refractivity contribution in [2.45, 2.75) is 37.9 Å². The van der Waals surface area contributed by atoms with E-state index in [1.807, 2.05) is 6.07 Å². The molecule has 2 heterocycles. The van der Waals surface area contributed by atoms with E-state index in [4.69, 9.17) is 0 Å². The highest BCUT2D eigenvalue weighted by atomic mass is 16.1. The second kappa shape index (κ2) is 5.94. The van der Waals surface area contributed by atoms with E-state index in [1.54, 1.807) is 0 Å². The average molecular weight is 273 g/mol. The maximum absolute atomic E-state index is 11.6. The van der Waals surface area contributed by atoms with Crippen LogP contribution in [0.3, 0.4) is 0 Å². The van der Waals surface area contributed by atoms with E-state index in [0.29, 0.717) is 12.0 Å². The van der Waals surface area contributed by atoms with Crippen molar-refractivity contribution in [3.8, 4) is 0 Å². The molecule has 0 aromatic heterocycles. The van der Waals surface area contributed by atoms with Crippen molar-refractivity contribution in [3.63, 3.8) is 0 Å². The quantitative estimate of drug-likeness (QED) is 0.807. The van der Waals surface area contributed by atoms with Gasteiger partial charge in [0.25, 0.3) is 0 Å². The van der Waals surface area contributed by atoms with E-state index in [-0.39, 0.29) is 6.17 Å². The fourth-order valence-corrected chi connectivity index (χ4v) is 3.46.